The lowest BCUT2D eigenvalue weighted by Crippen LogP contribution is -2.40. The quantitative estimate of drug-likeness (QED) is 0.292. The van der Waals surface area contributed by atoms with Gasteiger partial charge in [-0.25, -0.2) is 0 Å². The Morgan fingerprint density at radius 2 is 1.77 bits per heavy atom. The van der Waals surface area contributed by atoms with Crippen LogP contribution in [-0.4, -0.2) is 33.1 Å². The molecule has 8 heteroatoms. The molecule has 132 valence electrons. The van der Waals surface area contributed by atoms with Crippen LogP contribution >= 0.6 is 0 Å². The predicted octanol–water partition coefficient (Wildman–Crippen LogP) is 1.69. The molecule has 5 aliphatic rings. The number of nitro groups is 1. The molecule has 1 aromatic rings. The normalized spacial score (nSPS) is 36.5. The number of amides is 2. The third-order valence-electron chi connectivity index (χ3n) is 6.17. The minimum Gasteiger partial charge on any atom is -0.507 e. The number of imide groups is 1. The molecule has 0 spiro atoms. The van der Waals surface area contributed by atoms with Crippen molar-refractivity contribution in [1.29, 1.82) is 0 Å². The summed E-state index contributed by atoms with van der Waals surface area (Å²) in [6.07, 6.45) is 6.36. The third-order valence-corrected chi connectivity index (χ3v) is 6.17. The summed E-state index contributed by atoms with van der Waals surface area (Å²) in [7, 11) is 0. The summed E-state index contributed by atoms with van der Waals surface area (Å²) in [6, 6.07) is 3.50. The average Bonchev–Trinajstić information content (AvgIpc) is 3.40. The first kappa shape index (κ1) is 15.2. The second-order valence-corrected chi connectivity index (χ2v) is 7.39. The van der Waals surface area contributed by atoms with Crippen molar-refractivity contribution in [1.82, 2.24) is 5.01 Å². The van der Waals surface area contributed by atoms with Gasteiger partial charge in [-0.05, 0) is 36.2 Å². The van der Waals surface area contributed by atoms with Gasteiger partial charge in [-0.3, -0.25) is 19.7 Å². The SMILES string of the molecule is O=C1[C@@H]2[C@H]3C=C[C@@H]([C@@H]4C[C@H]34)[C@H]2C(=O)N1/N=C\c1cc([N+](=O)[O-])ccc1O. The van der Waals surface area contributed by atoms with E-state index in [2.05, 4.69) is 17.3 Å². The number of hydrogen-bond donors (Lipinski definition) is 1. The number of phenols is 1. The molecule has 6 atom stereocenters. The Morgan fingerprint density at radius 1 is 1.15 bits per heavy atom. The van der Waals surface area contributed by atoms with Gasteiger partial charge in [0.25, 0.3) is 17.5 Å². The molecular formula is C18H15N3O5. The van der Waals surface area contributed by atoms with Crippen LogP contribution in [0.2, 0.25) is 0 Å². The number of benzene rings is 1. The Hall–Kier alpha value is -3.03. The second kappa shape index (κ2) is 5.00. The van der Waals surface area contributed by atoms with Crippen molar-refractivity contribution in [3.8, 4) is 5.75 Å². The smallest absolute Gasteiger partial charge is 0.270 e. The standard InChI is InChI=1S/C18H15N3O5/c22-14-4-1-9(21(25)26)5-8(14)7-19-20-17(23)15-10-2-3-11(13-6-12(10)13)16(15)18(20)24/h1-5,7,10-13,15-16,22H,6H2/b19-7-/t10-,11-,12-,13+,15+,16+/m0/s1. The van der Waals surface area contributed by atoms with Gasteiger partial charge in [0.15, 0.2) is 0 Å². The topological polar surface area (TPSA) is 113 Å². The molecule has 2 bridgehead atoms. The number of allylic oxidation sites excluding steroid dienone is 2. The number of carbonyl (C=O) groups excluding carboxylic acids is 2. The number of nitrogens with zero attached hydrogens (tertiary/aromatic N) is 3. The molecule has 2 saturated carbocycles. The Balaban J connectivity index is 1.45. The van der Waals surface area contributed by atoms with Gasteiger partial charge in [-0.1, -0.05) is 12.2 Å². The number of nitro benzene ring substituents is 1. The maximum atomic E-state index is 12.8. The van der Waals surface area contributed by atoms with E-state index < -0.39 is 4.92 Å². The van der Waals surface area contributed by atoms with Crippen LogP contribution in [0.15, 0.2) is 35.5 Å². The molecule has 2 amide bonds. The van der Waals surface area contributed by atoms with Gasteiger partial charge < -0.3 is 5.11 Å². The Kier molecular flexibility index (Phi) is 2.93. The van der Waals surface area contributed by atoms with Crippen molar-refractivity contribution < 1.29 is 19.6 Å². The molecule has 1 saturated heterocycles. The van der Waals surface area contributed by atoms with Gasteiger partial charge in [-0.15, -0.1) is 0 Å². The van der Waals surface area contributed by atoms with Gasteiger partial charge >= 0.3 is 0 Å². The minimum absolute atomic E-state index is 0.0821. The monoisotopic (exact) mass is 353 g/mol. The molecule has 1 heterocycles. The van der Waals surface area contributed by atoms with E-state index in [4.69, 9.17) is 0 Å². The fourth-order valence-corrected chi connectivity index (χ4v) is 4.93. The third kappa shape index (κ3) is 1.92. The zero-order chi connectivity index (χ0) is 18.2. The fraction of sp³-hybridized carbons (Fsp3) is 0.389. The lowest BCUT2D eigenvalue weighted by molar-refractivity contribution is -0.384. The number of rotatable bonds is 3. The first-order valence-electron chi connectivity index (χ1n) is 8.55. The summed E-state index contributed by atoms with van der Waals surface area (Å²) in [4.78, 5) is 35.8. The molecule has 0 radical (unpaired) electrons. The molecule has 26 heavy (non-hydrogen) atoms. The van der Waals surface area contributed by atoms with Crippen molar-refractivity contribution in [3.63, 3.8) is 0 Å². The number of aromatic hydroxyl groups is 1. The van der Waals surface area contributed by atoms with Gasteiger partial charge in [0, 0.05) is 17.7 Å². The van der Waals surface area contributed by atoms with Crippen LogP contribution in [0.5, 0.6) is 5.75 Å². The number of hydrazone groups is 1. The number of phenolic OH excluding ortho intramolecular Hbond substituents is 1. The molecule has 3 fully saturated rings. The van der Waals surface area contributed by atoms with Crippen LogP contribution < -0.4 is 0 Å². The van der Waals surface area contributed by atoms with Gasteiger partial charge in [-0.2, -0.15) is 10.1 Å². The fourth-order valence-electron chi connectivity index (χ4n) is 4.93. The van der Waals surface area contributed by atoms with Crippen LogP contribution in [0, 0.1) is 45.6 Å². The van der Waals surface area contributed by atoms with Crippen molar-refractivity contribution in [2.75, 3.05) is 0 Å². The van der Waals surface area contributed by atoms with Crippen LogP contribution in [0.1, 0.15) is 12.0 Å². The lowest BCUT2D eigenvalue weighted by Gasteiger charge is -2.37. The van der Waals surface area contributed by atoms with Crippen molar-refractivity contribution >= 4 is 23.7 Å². The van der Waals surface area contributed by atoms with E-state index in [1.54, 1.807) is 0 Å². The summed E-state index contributed by atoms with van der Waals surface area (Å²) < 4.78 is 0. The largest absolute Gasteiger partial charge is 0.507 e. The van der Waals surface area contributed by atoms with Crippen LogP contribution in [0.4, 0.5) is 5.69 Å². The Bertz CT molecular complexity index is 887. The highest BCUT2D eigenvalue weighted by atomic mass is 16.6. The van der Waals surface area contributed by atoms with Gasteiger partial charge in [0.2, 0.25) is 0 Å². The van der Waals surface area contributed by atoms with Crippen molar-refractivity contribution in [3.05, 3.63) is 46.0 Å². The zero-order valence-electron chi connectivity index (χ0n) is 13.6. The number of carbonyl (C=O) groups is 2. The maximum Gasteiger partial charge on any atom is 0.270 e. The summed E-state index contributed by atoms with van der Waals surface area (Å²) in [6.45, 7) is 0. The number of hydrogen-bond acceptors (Lipinski definition) is 6. The molecule has 8 nitrogen and oxygen atoms in total. The van der Waals surface area contributed by atoms with E-state index in [0.29, 0.717) is 11.8 Å². The summed E-state index contributed by atoms with van der Waals surface area (Å²) in [5.74, 6) is -0.305. The molecule has 4 aliphatic carbocycles. The predicted molar refractivity (Wildman–Crippen MR) is 88.9 cm³/mol. The molecule has 1 aliphatic heterocycles. The molecule has 6 rings (SSSR count). The van der Waals surface area contributed by atoms with Crippen molar-refractivity contribution in [2.45, 2.75) is 6.42 Å². The average molecular weight is 353 g/mol. The number of non-ortho nitro benzene ring substituents is 1. The molecule has 0 aromatic heterocycles. The summed E-state index contributed by atoms with van der Waals surface area (Å²) in [5, 5.41) is 25.6. The van der Waals surface area contributed by atoms with E-state index in [1.807, 2.05) is 0 Å². The van der Waals surface area contributed by atoms with Crippen LogP contribution in [0.25, 0.3) is 0 Å². The van der Waals surface area contributed by atoms with E-state index in [0.717, 1.165) is 23.7 Å². The van der Waals surface area contributed by atoms with E-state index in [1.165, 1.54) is 12.1 Å². The van der Waals surface area contributed by atoms with Crippen LogP contribution in [-0.2, 0) is 9.59 Å². The highest BCUT2D eigenvalue weighted by Crippen LogP contribution is 2.65. The highest BCUT2D eigenvalue weighted by Gasteiger charge is 2.67. The Labute approximate surface area is 147 Å². The maximum absolute atomic E-state index is 12.8. The summed E-state index contributed by atoms with van der Waals surface area (Å²) in [5.41, 5.74) is -0.127. The zero-order valence-corrected chi connectivity index (χ0v) is 13.6. The molecular weight excluding hydrogens is 338 g/mol. The Morgan fingerprint density at radius 3 is 2.35 bits per heavy atom. The van der Waals surface area contributed by atoms with E-state index in [-0.39, 0.29) is 52.5 Å². The van der Waals surface area contributed by atoms with E-state index in [9.17, 15) is 24.8 Å². The first-order valence-corrected chi connectivity index (χ1v) is 8.55. The van der Waals surface area contributed by atoms with E-state index >= 15 is 0 Å². The lowest BCUT2D eigenvalue weighted by atomic mass is 9.63. The highest BCUT2D eigenvalue weighted by molar-refractivity contribution is 6.06. The molecule has 1 N–H and O–H groups in total. The van der Waals surface area contributed by atoms with Gasteiger partial charge in [0.1, 0.15) is 5.75 Å². The van der Waals surface area contributed by atoms with Crippen molar-refractivity contribution in [2.24, 2.45) is 40.6 Å². The summed E-state index contributed by atoms with van der Waals surface area (Å²) >= 11 is 0. The minimum atomic E-state index is -0.590. The molecule has 0 unspecified atom stereocenters. The van der Waals surface area contributed by atoms with Crippen LogP contribution in [0.3, 0.4) is 0 Å². The second-order valence-electron chi connectivity index (χ2n) is 7.39. The first-order chi connectivity index (χ1) is 12.5. The molecule has 1 aromatic carbocycles. The van der Waals surface area contributed by atoms with Gasteiger partial charge in [0.05, 0.1) is 23.0 Å².